The maximum Gasteiger partial charge on any atom is 0.253 e. The van der Waals surface area contributed by atoms with E-state index in [0.717, 1.165) is 17.3 Å². The molecule has 0 aliphatic heterocycles. The monoisotopic (exact) mass is 442 g/mol. The Morgan fingerprint density at radius 1 is 1.19 bits per heavy atom. The van der Waals surface area contributed by atoms with E-state index >= 15 is 0 Å². The zero-order valence-electron chi connectivity index (χ0n) is 17.1. The third kappa shape index (κ3) is 7.90. The average Bonchev–Trinajstić information content (AvgIpc) is 2.70. The molecule has 0 heterocycles. The number of allylic oxidation sites excluding steroid dienone is 2. The lowest BCUT2D eigenvalue weighted by atomic mass is 10.1. The second-order valence-corrected chi connectivity index (χ2v) is 7.78. The molecule has 166 valence electrons. The van der Waals surface area contributed by atoms with Crippen LogP contribution in [0.25, 0.3) is 0 Å². The molecule has 0 aromatic heterocycles. The van der Waals surface area contributed by atoms with Gasteiger partial charge in [-0.3, -0.25) is 9.59 Å². The zero-order chi connectivity index (χ0) is 22.1. The van der Waals surface area contributed by atoms with Crippen LogP contribution in [0.2, 0.25) is 0 Å². The highest BCUT2D eigenvalue weighted by Crippen LogP contribution is 2.31. The number of thioether (sulfide) groups is 1. The molecule has 0 spiro atoms. The summed E-state index contributed by atoms with van der Waals surface area (Å²) in [4.78, 5) is 24.8. The van der Waals surface area contributed by atoms with Gasteiger partial charge in [0.25, 0.3) is 5.91 Å². The molecule has 0 saturated heterocycles. The lowest BCUT2D eigenvalue weighted by Gasteiger charge is -2.09. The molecule has 0 bridgehead atoms. The standard InChI is InChI=1S/C24H25FN2O2S.CH4.H2/c1-4-19(24(29)27-14-13-18-11-9-16(2)10-12-18)21(25)15-17(3)30-22-8-6-5-7-20(22)23(26)28;;/h4-12,15H,3,13-14H2,1-2H3,(H2,26,28)(H,27,29);1H4;1H/b19-4+,21-15+;;. The number of halogens is 1. The summed E-state index contributed by atoms with van der Waals surface area (Å²) in [6, 6.07) is 14.8. The minimum atomic E-state index is -0.695. The summed E-state index contributed by atoms with van der Waals surface area (Å²) in [5.74, 6) is -1.76. The minimum absolute atomic E-state index is 0. The minimum Gasteiger partial charge on any atom is -0.366 e. The van der Waals surface area contributed by atoms with Crippen molar-refractivity contribution in [3.05, 3.63) is 100 Å². The van der Waals surface area contributed by atoms with E-state index in [1.165, 1.54) is 17.7 Å². The Bertz CT molecular complexity index is 1000. The average molecular weight is 443 g/mol. The van der Waals surface area contributed by atoms with Crippen LogP contribution in [0, 0.1) is 6.92 Å². The number of nitrogens with two attached hydrogens (primary N) is 1. The van der Waals surface area contributed by atoms with Crippen molar-refractivity contribution in [2.75, 3.05) is 6.54 Å². The maximum absolute atomic E-state index is 14.7. The third-order valence-electron chi connectivity index (χ3n) is 4.29. The van der Waals surface area contributed by atoms with Crippen LogP contribution in [0.15, 0.2) is 88.5 Å². The van der Waals surface area contributed by atoms with Crippen molar-refractivity contribution in [1.29, 1.82) is 0 Å². The molecule has 4 nitrogen and oxygen atoms in total. The lowest BCUT2D eigenvalue weighted by molar-refractivity contribution is -0.117. The summed E-state index contributed by atoms with van der Waals surface area (Å²) < 4.78 is 14.7. The van der Waals surface area contributed by atoms with Gasteiger partial charge in [-0.1, -0.05) is 73.8 Å². The summed E-state index contributed by atoms with van der Waals surface area (Å²) >= 11 is 1.11. The van der Waals surface area contributed by atoms with Crippen LogP contribution in [0.1, 0.15) is 37.3 Å². The fourth-order valence-electron chi connectivity index (χ4n) is 2.70. The van der Waals surface area contributed by atoms with Crippen LogP contribution in [0.5, 0.6) is 0 Å². The summed E-state index contributed by atoms with van der Waals surface area (Å²) in [5, 5.41) is 2.74. The normalized spacial score (nSPS) is 11.5. The number of rotatable bonds is 9. The van der Waals surface area contributed by atoms with Crippen molar-refractivity contribution >= 4 is 23.6 Å². The molecule has 3 N–H and O–H groups in total. The first kappa shape index (κ1) is 25.9. The van der Waals surface area contributed by atoms with E-state index in [4.69, 9.17) is 5.73 Å². The molecule has 31 heavy (non-hydrogen) atoms. The highest BCUT2D eigenvalue weighted by Gasteiger charge is 2.15. The van der Waals surface area contributed by atoms with Gasteiger partial charge in [0, 0.05) is 17.8 Å². The van der Waals surface area contributed by atoms with E-state index < -0.39 is 17.6 Å². The fourth-order valence-corrected chi connectivity index (χ4v) is 3.57. The van der Waals surface area contributed by atoms with Crippen molar-refractivity contribution < 1.29 is 15.4 Å². The zero-order valence-corrected chi connectivity index (χ0v) is 17.9. The Morgan fingerprint density at radius 3 is 2.45 bits per heavy atom. The highest BCUT2D eigenvalue weighted by atomic mass is 32.2. The van der Waals surface area contributed by atoms with Crippen molar-refractivity contribution in [3.63, 3.8) is 0 Å². The molecule has 2 rings (SSSR count). The van der Waals surface area contributed by atoms with Gasteiger partial charge in [0.1, 0.15) is 5.83 Å². The first-order valence-corrected chi connectivity index (χ1v) is 10.3. The topological polar surface area (TPSA) is 72.2 Å². The molecule has 0 radical (unpaired) electrons. The Kier molecular flexibility index (Phi) is 10.5. The number of hydrogen-bond acceptors (Lipinski definition) is 3. The Morgan fingerprint density at radius 2 is 1.84 bits per heavy atom. The number of carbonyl (C=O) groups is 2. The van der Waals surface area contributed by atoms with Gasteiger partial charge in [-0.25, -0.2) is 4.39 Å². The van der Waals surface area contributed by atoms with E-state index in [0.29, 0.717) is 28.3 Å². The van der Waals surface area contributed by atoms with Crippen LogP contribution >= 0.6 is 11.8 Å². The number of nitrogens with one attached hydrogen (secondary N) is 1. The summed E-state index contributed by atoms with van der Waals surface area (Å²) in [5.41, 5.74) is 7.89. The van der Waals surface area contributed by atoms with Crippen molar-refractivity contribution in [3.8, 4) is 0 Å². The van der Waals surface area contributed by atoms with E-state index in [9.17, 15) is 14.0 Å². The smallest absolute Gasteiger partial charge is 0.253 e. The van der Waals surface area contributed by atoms with Crippen LogP contribution < -0.4 is 11.1 Å². The van der Waals surface area contributed by atoms with E-state index in [1.54, 1.807) is 31.2 Å². The fraction of sp³-hybridized carbons (Fsp3) is 0.200. The van der Waals surface area contributed by atoms with Gasteiger partial charge >= 0.3 is 0 Å². The molecule has 2 aromatic rings. The summed E-state index contributed by atoms with van der Waals surface area (Å²) in [6.45, 7) is 7.82. The molecule has 0 fully saturated rings. The number of primary amides is 1. The van der Waals surface area contributed by atoms with E-state index in [1.807, 2.05) is 31.2 Å². The van der Waals surface area contributed by atoms with E-state index in [2.05, 4.69) is 11.9 Å². The van der Waals surface area contributed by atoms with Gasteiger partial charge in [-0.05, 0) is 44.0 Å². The molecule has 2 aromatic carbocycles. The predicted octanol–water partition coefficient (Wildman–Crippen LogP) is 5.74. The molecule has 0 aliphatic carbocycles. The van der Waals surface area contributed by atoms with Crippen molar-refractivity contribution in [2.45, 2.75) is 32.6 Å². The van der Waals surface area contributed by atoms with Gasteiger partial charge in [0.05, 0.1) is 11.1 Å². The lowest BCUT2D eigenvalue weighted by Crippen LogP contribution is -2.27. The van der Waals surface area contributed by atoms with Gasteiger partial charge in [-0.2, -0.15) is 0 Å². The number of amides is 2. The maximum atomic E-state index is 14.7. The predicted molar refractivity (Wildman–Crippen MR) is 130 cm³/mol. The van der Waals surface area contributed by atoms with E-state index in [-0.39, 0.29) is 14.4 Å². The Labute approximate surface area is 189 Å². The third-order valence-corrected chi connectivity index (χ3v) is 5.25. The molecular weight excluding hydrogens is 411 g/mol. The van der Waals surface area contributed by atoms with Gasteiger partial charge in [-0.15, -0.1) is 0 Å². The quantitative estimate of drug-likeness (QED) is 0.295. The molecule has 2 amide bonds. The SMILES string of the molecule is C.C=C(/C=C(F)\C(=C/C)C(=O)NCCc1ccc(C)cc1)Sc1ccccc1C(N)=O.[HH]. The molecule has 0 saturated carbocycles. The molecule has 0 unspecified atom stereocenters. The number of hydrogen-bond donors (Lipinski definition) is 2. The van der Waals surface area contributed by atoms with Crippen LogP contribution in [-0.2, 0) is 11.2 Å². The Balaban J connectivity index is 0.00000480. The molecule has 0 aliphatic rings. The van der Waals surface area contributed by atoms with Crippen LogP contribution in [-0.4, -0.2) is 18.4 Å². The number of carbonyl (C=O) groups excluding carboxylic acids is 2. The number of benzene rings is 2. The molecule has 0 atom stereocenters. The van der Waals surface area contributed by atoms with Gasteiger partial charge < -0.3 is 11.1 Å². The summed E-state index contributed by atoms with van der Waals surface area (Å²) in [7, 11) is 0. The van der Waals surface area contributed by atoms with Gasteiger partial charge in [0.2, 0.25) is 5.91 Å². The largest absolute Gasteiger partial charge is 0.366 e. The van der Waals surface area contributed by atoms with Crippen molar-refractivity contribution in [2.24, 2.45) is 5.73 Å². The first-order valence-electron chi connectivity index (χ1n) is 9.45. The summed E-state index contributed by atoms with van der Waals surface area (Å²) in [6.07, 6.45) is 3.25. The second kappa shape index (κ2) is 12.5. The van der Waals surface area contributed by atoms with Crippen molar-refractivity contribution in [1.82, 2.24) is 5.32 Å². The van der Waals surface area contributed by atoms with Gasteiger partial charge in [0.15, 0.2) is 0 Å². The Hall–Kier alpha value is -3.12. The highest BCUT2D eigenvalue weighted by molar-refractivity contribution is 8.03. The molecule has 6 heteroatoms. The van der Waals surface area contributed by atoms with Crippen LogP contribution in [0.4, 0.5) is 4.39 Å². The van der Waals surface area contributed by atoms with Crippen LogP contribution in [0.3, 0.4) is 0 Å². The first-order chi connectivity index (χ1) is 14.3. The molecular formula is C25H31FN2O2S. The second-order valence-electron chi connectivity index (χ2n) is 6.61. The number of aryl methyl sites for hydroxylation is 1.